The molecule has 0 radical (unpaired) electrons. The first-order chi connectivity index (χ1) is 5.29. The largest absolute Gasteiger partial charge is 0.883 e. The molecular formula is C3H2N6O2-2. The van der Waals surface area contributed by atoms with Crippen LogP contribution in [0.25, 0.3) is 0 Å². The van der Waals surface area contributed by atoms with Gasteiger partial charge in [0.25, 0.3) is 0 Å². The Balaban J connectivity index is 2.56. The van der Waals surface area contributed by atoms with Gasteiger partial charge in [-0.3, -0.25) is 0 Å². The van der Waals surface area contributed by atoms with E-state index in [1.54, 1.807) is 0 Å². The van der Waals surface area contributed by atoms with Crippen LogP contribution >= 0.6 is 0 Å². The summed E-state index contributed by atoms with van der Waals surface area (Å²) in [6.07, 6.45) is 0.510. The maximum Gasteiger partial charge on any atom is 0.307 e. The molecule has 0 atom stereocenters. The molecule has 0 saturated heterocycles. The summed E-state index contributed by atoms with van der Waals surface area (Å²) in [5.74, 6) is -1.47. The zero-order valence-corrected chi connectivity index (χ0v) is 5.13. The fourth-order valence-corrected chi connectivity index (χ4v) is 0.327. The molecule has 0 saturated carbocycles. The number of H-pyrrole nitrogens is 1. The molecule has 1 aromatic rings. The molecule has 1 aromatic heterocycles. The van der Waals surface area contributed by atoms with Crippen LogP contribution < -0.4 is 10.2 Å². The third-order valence-corrected chi connectivity index (χ3v) is 0.644. The Hall–Kier alpha value is -1.99. The third-order valence-electron chi connectivity index (χ3n) is 0.644. The van der Waals surface area contributed by atoms with Gasteiger partial charge in [-0.2, -0.15) is 16.3 Å². The average Bonchev–Trinajstić information content (AvgIpc) is 2.39. The maximum absolute atomic E-state index is 9.74. The van der Waals surface area contributed by atoms with Gasteiger partial charge in [0.2, 0.25) is 0 Å². The number of aromatic nitrogens is 4. The molecule has 0 amide bonds. The highest BCUT2D eigenvalue weighted by atomic mass is 16.5. The van der Waals surface area contributed by atoms with Crippen LogP contribution in [0.1, 0.15) is 0 Å². The Kier molecular flexibility index (Phi) is 2.10. The SMILES string of the molecule is [O-]C([O-])=CN=Nc1nn[nH]n1. The molecule has 0 unspecified atom stereocenters. The number of hydrogen-bond acceptors (Lipinski definition) is 7. The minimum absolute atomic E-state index is 0.0394. The molecule has 1 rings (SSSR count). The van der Waals surface area contributed by atoms with Gasteiger partial charge in [0.05, 0.1) is 0 Å². The van der Waals surface area contributed by atoms with Crippen LogP contribution in [0.3, 0.4) is 0 Å². The van der Waals surface area contributed by atoms with Gasteiger partial charge < -0.3 is 10.2 Å². The predicted molar refractivity (Wildman–Crippen MR) is 26.8 cm³/mol. The Morgan fingerprint density at radius 3 is 2.91 bits per heavy atom. The molecule has 11 heavy (non-hydrogen) atoms. The second kappa shape index (κ2) is 3.25. The quantitative estimate of drug-likeness (QED) is 0.382. The lowest BCUT2D eigenvalue weighted by atomic mass is 10.9. The predicted octanol–water partition coefficient (Wildman–Crippen LogP) is -2.20. The van der Waals surface area contributed by atoms with Gasteiger partial charge in [0, 0.05) is 6.20 Å². The van der Waals surface area contributed by atoms with E-state index in [1.807, 2.05) is 0 Å². The molecule has 0 aromatic carbocycles. The highest BCUT2D eigenvalue weighted by Gasteiger charge is 1.88. The highest BCUT2D eigenvalue weighted by molar-refractivity contribution is 5.04. The second-order valence-corrected chi connectivity index (χ2v) is 1.38. The summed E-state index contributed by atoms with van der Waals surface area (Å²) < 4.78 is 0. The Bertz CT molecular complexity index is 259. The van der Waals surface area contributed by atoms with Crippen LogP contribution in [0.15, 0.2) is 22.4 Å². The number of hydrogen-bond donors (Lipinski definition) is 1. The van der Waals surface area contributed by atoms with Gasteiger partial charge in [-0.05, 0) is 5.21 Å². The van der Waals surface area contributed by atoms with E-state index in [0.717, 1.165) is 0 Å². The molecule has 1 heterocycles. The molecule has 0 aliphatic carbocycles. The van der Waals surface area contributed by atoms with Crippen LogP contribution in [0.2, 0.25) is 0 Å². The van der Waals surface area contributed by atoms with E-state index in [4.69, 9.17) is 0 Å². The van der Waals surface area contributed by atoms with Gasteiger partial charge in [-0.25, -0.2) is 0 Å². The van der Waals surface area contributed by atoms with Crippen molar-refractivity contribution in [3.8, 4) is 0 Å². The normalized spacial score (nSPS) is 10.2. The molecular weight excluding hydrogens is 152 g/mol. The lowest BCUT2D eigenvalue weighted by molar-refractivity contribution is -0.513. The average molecular weight is 154 g/mol. The van der Waals surface area contributed by atoms with Crippen LogP contribution in [0, 0.1) is 0 Å². The number of rotatable bonds is 2. The Labute approximate surface area is 60.3 Å². The van der Waals surface area contributed by atoms with Gasteiger partial charge in [0.1, 0.15) is 0 Å². The smallest absolute Gasteiger partial charge is 0.307 e. The van der Waals surface area contributed by atoms with Crippen molar-refractivity contribution in [2.75, 3.05) is 0 Å². The lowest BCUT2D eigenvalue weighted by Gasteiger charge is -2.12. The zero-order chi connectivity index (χ0) is 8.10. The first kappa shape index (κ1) is 7.12. The molecule has 0 aliphatic rings. The summed E-state index contributed by atoms with van der Waals surface area (Å²) >= 11 is 0. The molecule has 0 fully saturated rings. The molecule has 8 heteroatoms. The van der Waals surface area contributed by atoms with Gasteiger partial charge in [0.15, 0.2) is 0 Å². The van der Waals surface area contributed by atoms with E-state index in [-0.39, 0.29) is 5.95 Å². The molecule has 58 valence electrons. The minimum atomic E-state index is -1.43. The Morgan fingerprint density at radius 1 is 1.55 bits per heavy atom. The van der Waals surface area contributed by atoms with Gasteiger partial charge >= 0.3 is 5.95 Å². The summed E-state index contributed by atoms with van der Waals surface area (Å²) in [7, 11) is 0. The van der Waals surface area contributed by atoms with Crippen LogP contribution in [0.5, 0.6) is 0 Å². The number of nitrogens with one attached hydrogen (secondary N) is 1. The van der Waals surface area contributed by atoms with E-state index < -0.39 is 5.95 Å². The van der Waals surface area contributed by atoms with Crippen LogP contribution in [-0.4, -0.2) is 20.6 Å². The summed E-state index contributed by atoms with van der Waals surface area (Å²) in [5, 5.41) is 37.8. The third kappa shape index (κ3) is 2.39. The van der Waals surface area contributed by atoms with Gasteiger partial charge in [-0.1, -0.05) is 5.10 Å². The van der Waals surface area contributed by atoms with Crippen molar-refractivity contribution in [1.29, 1.82) is 0 Å². The van der Waals surface area contributed by atoms with Crippen LogP contribution in [-0.2, 0) is 0 Å². The van der Waals surface area contributed by atoms with E-state index in [9.17, 15) is 10.2 Å². The van der Waals surface area contributed by atoms with Crippen molar-refractivity contribution in [2.24, 2.45) is 10.2 Å². The fourth-order valence-electron chi connectivity index (χ4n) is 0.327. The number of aromatic amines is 1. The topological polar surface area (TPSA) is 125 Å². The van der Waals surface area contributed by atoms with Gasteiger partial charge in [-0.15, -0.1) is 10.2 Å². The summed E-state index contributed by atoms with van der Waals surface area (Å²) in [4.78, 5) is 0. The van der Waals surface area contributed by atoms with Crippen molar-refractivity contribution in [1.82, 2.24) is 20.6 Å². The highest BCUT2D eigenvalue weighted by Crippen LogP contribution is 1.96. The lowest BCUT2D eigenvalue weighted by Crippen LogP contribution is -2.16. The maximum atomic E-state index is 9.74. The molecule has 0 spiro atoms. The van der Waals surface area contributed by atoms with Crippen molar-refractivity contribution in [3.63, 3.8) is 0 Å². The monoisotopic (exact) mass is 154 g/mol. The van der Waals surface area contributed by atoms with Crippen molar-refractivity contribution >= 4 is 5.95 Å². The number of nitrogens with zero attached hydrogens (tertiary/aromatic N) is 5. The van der Waals surface area contributed by atoms with Crippen molar-refractivity contribution < 1.29 is 10.2 Å². The second-order valence-electron chi connectivity index (χ2n) is 1.38. The van der Waals surface area contributed by atoms with Crippen molar-refractivity contribution in [2.45, 2.75) is 0 Å². The fraction of sp³-hybridized carbons (Fsp3) is 0. The molecule has 0 bridgehead atoms. The molecule has 1 N–H and O–H groups in total. The summed E-state index contributed by atoms with van der Waals surface area (Å²) in [5.41, 5.74) is 0. The standard InChI is InChI=1S/C3H4N6O2/c10-2(11)1-4-5-3-6-8-9-7-3/h1,10-11H,(H,6,7,8,9)/p-2. The first-order valence-electron chi connectivity index (χ1n) is 2.47. The number of tetrazole rings is 1. The van der Waals surface area contributed by atoms with Crippen LogP contribution in [0.4, 0.5) is 5.95 Å². The van der Waals surface area contributed by atoms with E-state index in [2.05, 4.69) is 30.9 Å². The van der Waals surface area contributed by atoms with E-state index >= 15 is 0 Å². The molecule has 0 aliphatic heterocycles. The van der Waals surface area contributed by atoms with Crippen molar-refractivity contribution in [3.05, 3.63) is 12.1 Å². The first-order valence-corrected chi connectivity index (χ1v) is 2.47. The Morgan fingerprint density at radius 2 is 2.36 bits per heavy atom. The summed E-state index contributed by atoms with van der Waals surface area (Å²) in [6.45, 7) is 0. The number of azo groups is 1. The minimum Gasteiger partial charge on any atom is -0.883 e. The van der Waals surface area contributed by atoms with E-state index in [1.165, 1.54) is 0 Å². The molecule has 8 nitrogen and oxygen atoms in total. The summed E-state index contributed by atoms with van der Waals surface area (Å²) in [6, 6.07) is 0. The zero-order valence-electron chi connectivity index (χ0n) is 5.13. The van der Waals surface area contributed by atoms with E-state index in [0.29, 0.717) is 6.20 Å².